The Bertz CT molecular complexity index is 111. The molecule has 2 nitrogen and oxygen atoms in total. The van der Waals surface area contributed by atoms with E-state index in [4.69, 9.17) is 0 Å². The minimum absolute atomic E-state index is 0.0711. The molecule has 1 radical (unpaired) electrons. The lowest BCUT2D eigenvalue weighted by Gasteiger charge is -1.93. The fourth-order valence-electron chi connectivity index (χ4n) is 0.581. The van der Waals surface area contributed by atoms with Crippen LogP contribution in [0.3, 0.4) is 0 Å². The topological polar surface area (TPSA) is 34.1 Å². The summed E-state index contributed by atoms with van der Waals surface area (Å²) in [6, 6.07) is 0. The molecule has 10 heavy (non-hydrogen) atoms. The van der Waals surface area contributed by atoms with E-state index in [2.05, 4.69) is 6.92 Å². The Morgan fingerprint density at radius 1 is 1.20 bits per heavy atom. The average Bonchev–Trinajstić information content (AvgIpc) is 1.99. The monoisotopic (exact) mass is 141 g/mol. The highest BCUT2D eigenvalue weighted by atomic mass is 16.1. The zero-order valence-corrected chi connectivity index (χ0v) is 6.35. The Labute approximate surface area is 61.6 Å². The molecule has 0 saturated heterocycles. The summed E-state index contributed by atoms with van der Waals surface area (Å²) in [6.45, 7) is 5.23. The molecule has 0 spiro atoms. The van der Waals surface area contributed by atoms with Gasteiger partial charge in [0.2, 0.25) is 0 Å². The molecule has 0 aliphatic carbocycles. The van der Waals surface area contributed by atoms with Crippen LogP contribution in [-0.4, -0.2) is 11.6 Å². The number of ketones is 2. The van der Waals surface area contributed by atoms with Gasteiger partial charge in [-0.2, -0.15) is 0 Å². The van der Waals surface area contributed by atoms with Crippen molar-refractivity contribution in [3.05, 3.63) is 6.92 Å². The number of carbonyl (C=O) groups excluding carboxylic acids is 2. The average molecular weight is 141 g/mol. The summed E-state index contributed by atoms with van der Waals surface area (Å²) in [5, 5.41) is 0. The molecule has 57 valence electrons. The number of rotatable bonds is 5. The Hall–Kier alpha value is -0.660. The second kappa shape index (κ2) is 5.15. The van der Waals surface area contributed by atoms with Gasteiger partial charge in [0.1, 0.15) is 11.6 Å². The molecule has 0 amide bonds. The summed E-state index contributed by atoms with van der Waals surface area (Å²) in [5.74, 6) is 0.226. The summed E-state index contributed by atoms with van der Waals surface area (Å²) < 4.78 is 0. The molecule has 0 aromatic rings. The number of Topliss-reactive ketones (excluding diaryl/α,β-unsaturated/α-hetero) is 2. The zero-order chi connectivity index (χ0) is 7.98. The molecule has 0 atom stereocenters. The Morgan fingerprint density at radius 2 is 1.70 bits per heavy atom. The fourth-order valence-corrected chi connectivity index (χ4v) is 0.581. The van der Waals surface area contributed by atoms with Gasteiger partial charge in [-0.3, -0.25) is 9.59 Å². The molecular formula is C8H13O2. The predicted molar refractivity (Wildman–Crippen MR) is 39.5 cm³/mol. The van der Waals surface area contributed by atoms with Crippen molar-refractivity contribution in [2.24, 2.45) is 0 Å². The molecule has 0 unspecified atom stereocenters. The van der Waals surface area contributed by atoms with Crippen molar-refractivity contribution in [2.45, 2.75) is 32.6 Å². The summed E-state index contributed by atoms with van der Waals surface area (Å²) in [7, 11) is 0. The third-order valence-corrected chi connectivity index (χ3v) is 1.36. The van der Waals surface area contributed by atoms with Crippen LogP contribution in [0.4, 0.5) is 0 Å². The first-order valence-electron chi connectivity index (χ1n) is 3.53. The normalized spacial score (nSPS) is 9.40. The van der Waals surface area contributed by atoms with Gasteiger partial charge in [-0.05, 0) is 6.92 Å². The van der Waals surface area contributed by atoms with Crippen molar-refractivity contribution < 1.29 is 9.59 Å². The fraction of sp³-hybridized carbons (Fsp3) is 0.625. The zero-order valence-electron chi connectivity index (χ0n) is 6.35. The van der Waals surface area contributed by atoms with Crippen LogP contribution in [0.15, 0.2) is 0 Å². The van der Waals surface area contributed by atoms with Crippen LogP contribution in [0.1, 0.15) is 32.6 Å². The van der Waals surface area contributed by atoms with Gasteiger partial charge in [0.25, 0.3) is 0 Å². The van der Waals surface area contributed by atoms with Crippen LogP contribution >= 0.6 is 0 Å². The largest absolute Gasteiger partial charge is 0.300 e. The van der Waals surface area contributed by atoms with Crippen molar-refractivity contribution in [3.8, 4) is 0 Å². The Kier molecular flexibility index (Phi) is 4.81. The Morgan fingerprint density at radius 3 is 2.10 bits per heavy atom. The lowest BCUT2D eigenvalue weighted by molar-refractivity contribution is -0.123. The molecule has 0 fully saturated rings. The van der Waals surface area contributed by atoms with Gasteiger partial charge < -0.3 is 0 Å². The molecule has 0 aliphatic heterocycles. The second-order valence-corrected chi connectivity index (χ2v) is 2.18. The third kappa shape index (κ3) is 4.24. The van der Waals surface area contributed by atoms with E-state index < -0.39 is 0 Å². The van der Waals surface area contributed by atoms with E-state index in [9.17, 15) is 9.59 Å². The van der Waals surface area contributed by atoms with E-state index in [0.29, 0.717) is 25.7 Å². The highest BCUT2D eigenvalue weighted by Crippen LogP contribution is 1.97. The van der Waals surface area contributed by atoms with E-state index in [1.807, 2.05) is 0 Å². The summed E-state index contributed by atoms with van der Waals surface area (Å²) in [6.07, 6.45) is 1.60. The second-order valence-electron chi connectivity index (χ2n) is 2.18. The number of hydrogen-bond donors (Lipinski definition) is 0. The SMILES string of the molecule is [CH2]CC(=O)CCC(=O)CC. The number of hydrogen-bond acceptors (Lipinski definition) is 2. The predicted octanol–water partition coefficient (Wildman–Crippen LogP) is 1.54. The van der Waals surface area contributed by atoms with Gasteiger partial charge in [-0.15, -0.1) is 0 Å². The van der Waals surface area contributed by atoms with Gasteiger partial charge in [0, 0.05) is 25.7 Å². The van der Waals surface area contributed by atoms with E-state index in [-0.39, 0.29) is 11.6 Å². The Balaban J connectivity index is 3.35. The molecule has 0 aromatic carbocycles. The molecule has 0 aliphatic rings. The first-order chi connectivity index (χ1) is 4.70. The lowest BCUT2D eigenvalue weighted by atomic mass is 10.1. The number of carbonyl (C=O) groups is 2. The smallest absolute Gasteiger partial charge is 0.133 e. The van der Waals surface area contributed by atoms with Gasteiger partial charge in [0.15, 0.2) is 0 Å². The third-order valence-electron chi connectivity index (χ3n) is 1.36. The summed E-state index contributed by atoms with van der Waals surface area (Å²) >= 11 is 0. The van der Waals surface area contributed by atoms with Crippen molar-refractivity contribution in [1.29, 1.82) is 0 Å². The van der Waals surface area contributed by atoms with Crippen LogP contribution in [0.5, 0.6) is 0 Å². The highest BCUT2D eigenvalue weighted by Gasteiger charge is 2.02. The first kappa shape index (κ1) is 9.34. The van der Waals surface area contributed by atoms with E-state index in [0.717, 1.165) is 0 Å². The van der Waals surface area contributed by atoms with Crippen molar-refractivity contribution in [2.75, 3.05) is 0 Å². The van der Waals surface area contributed by atoms with Crippen LogP contribution in [-0.2, 0) is 9.59 Å². The highest BCUT2D eigenvalue weighted by molar-refractivity contribution is 5.85. The minimum Gasteiger partial charge on any atom is -0.300 e. The van der Waals surface area contributed by atoms with E-state index in [1.165, 1.54) is 0 Å². The van der Waals surface area contributed by atoms with Crippen molar-refractivity contribution in [3.63, 3.8) is 0 Å². The summed E-state index contributed by atoms with van der Waals surface area (Å²) in [4.78, 5) is 21.3. The van der Waals surface area contributed by atoms with Gasteiger partial charge in [-0.25, -0.2) is 0 Å². The van der Waals surface area contributed by atoms with E-state index >= 15 is 0 Å². The lowest BCUT2D eigenvalue weighted by Crippen LogP contribution is -2.01. The van der Waals surface area contributed by atoms with Crippen LogP contribution < -0.4 is 0 Å². The quantitative estimate of drug-likeness (QED) is 0.582. The molecule has 0 saturated carbocycles. The molecular weight excluding hydrogens is 128 g/mol. The molecule has 0 N–H and O–H groups in total. The molecule has 2 heteroatoms. The maximum Gasteiger partial charge on any atom is 0.133 e. The van der Waals surface area contributed by atoms with Crippen LogP contribution in [0, 0.1) is 6.92 Å². The van der Waals surface area contributed by atoms with E-state index in [1.54, 1.807) is 6.92 Å². The maximum atomic E-state index is 10.7. The first-order valence-corrected chi connectivity index (χ1v) is 3.53. The van der Waals surface area contributed by atoms with Crippen molar-refractivity contribution in [1.82, 2.24) is 0 Å². The van der Waals surface area contributed by atoms with Gasteiger partial charge >= 0.3 is 0 Å². The molecule has 0 rings (SSSR count). The molecule has 0 bridgehead atoms. The molecule has 0 aromatic heterocycles. The summed E-state index contributed by atoms with van der Waals surface area (Å²) in [5.41, 5.74) is 0. The minimum atomic E-state index is 0.0711. The van der Waals surface area contributed by atoms with Crippen LogP contribution in [0.25, 0.3) is 0 Å². The molecule has 0 heterocycles. The maximum absolute atomic E-state index is 10.7. The van der Waals surface area contributed by atoms with Crippen molar-refractivity contribution >= 4 is 11.6 Å². The van der Waals surface area contributed by atoms with Crippen LogP contribution in [0.2, 0.25) is 0 Å². The van der Waals surface area contributed by atoms with Gasteiger partial charge in [-0.1, -0.05) is 6.92 Å². The standard InChI is InChI=1S/C8H13O2/c1-3-7(9)5-6-8(10)4-2/h1,3-6H2,2H3. The van der Waals surface area contributed by atoms with Gasteiger partial charge in [0.05, 0.1) is 0 Å².